The number of rotatable bonds is 12. The highest BCUT2D eigenvalue weighted by atomic mass is 35.5. The van der Waals surface area contributed by atoms with Crippen molar-refractivity contribution in [1.82, 2.24) is 9.88 Å². The minimum Gasteiger partial charge on any atom is -0.492 e. The number of carbonyl (C=O) groups is 3. The molecular formula is C29H31ClF3N3O6. The van der Waals surface area contributed by atoms with Crippen molar-refractivity contribution in [2.24, 2.45) is 5.92 Å². The fourth-order valence-corrected chi connectivity index (χ4v) is 3.81. The van der Waals surface area contributed by atoms with E-state index in [0.29, 0.717) is 49.0 Å². The second kappa shape index (κ2) is 16.2. The minimum atomic E-state index is -5.08. The Labute approximate surface area is 245 Å². The normalized spacial score (nSPS) is 10.8. The topological polar surface area (TPSA) is 129 Å². The van der Waals surface area contributed by atoms with Crippen LogP contribution < -0.4 is 10.1 Å². The van der Waals surface area contributed by atoms with Gasteiger partial charge in [0.1, 0.15) is 12.4 Å². The van der Waals surface area contributed by atoms with Crippen LogP contribution in [0, 0.1) is 5.92 Å². The third kappa shape index (κ3) is 12.0. The Morgan fingerprint density at radius 3 is 2.17 bits per heavy atom. The maximum atomic E-state index is 13.4. The number of aliphatic carboxylic acids is 1. The summed E-state index contributed by atoms with van der Waals surface area (Å²) < 4.78 is 37.6. The molecule has 0 spiro atoms. The first kappa shape index (κ1) is 33.9. The van der Waals surface area contributed by atoms with E-state index in [9.17, 15) is 22.8 Å². The van der Waals surface area contributed by atoms with Crippen molar-refractivity contribution >= 4 is 35.1 Å². The van der Waals surface area contributed by atoms with E-state index in [0.717, 1.165) is 11.3 Å². The first-order valence-corrected chi connectivity index (χ1v) is 13.1. The SMILES string of the molecule is CC(C)CN(CCc1ccc(C(=O)O)cc1)C(=O)c1cc(Cl)cc(OCCNc2ccncc2)c1.O=C(O)C(F)(F)F. The third-order valence-electron chi connectivity index (χ3n) is 5.49. The Morgan fingerprint density at radius 2 is 1.62 bits per heavy atom. The van der Waals surface area contributed by atoms with Crippen LogP contribution in [0.5, 0.6) is 5.75 Å². The zero-order valence-corrected chi connectivity index (χ0v) is 23.7. The number of pyridine rings is 1. The van der Waals surface area contributed by atoms with Gasteiger partial charge in [-0.1, -0.05) is 37.6 Å². The highest BCUT2D eigenvalue weighted by Gasteiger charge is 2.38. The second-order valence-electron chi connectivity index (χ2n) is 9.39. The first-order valence-electron chi connectivity index (χ1n) is 12.7. The lowest BCUT2D eigenvalue weighted by Crippen LogP contribution is -2.36. The molecular weight excluding hydrogens is 579 g/mol. The number of halogens is 4. The minimum absolute atomic E-state index is 0.122. The first-order chi connectivity index (χ1) is 19.8. The van der Waals surface area contributed by atoms with Gasteiger partial charge in [0.25, 0.3) is 5.91 Å². The quantitative estimate of drug-likeness (QED) is 0.217. The molecule has 0 saturated heterocycles. The molecule has 3 N–H and O–H groups in total. The largest absolute Gasteiger partial charge is 0.492 e. The third-order valence-corrected chi connectivity index (χ3v) is 5.70. The van der Waals surface area contributed by atoms with Crippen LogP contribution >= 0.6 is 11.6 Å². The standard InChI is InChI=1S/C27H30ClN3O4.C2HF3O2/c1-19(2)18-31(13-9-20-3-5-21(6-4-20)27(33)34)26(32)22-15-23(28)17-25(16-22)35-14-12-30-24-7-10-29-11-8-24;3-2(4,5)1(6)7/h3-8,10-11,15-17,19H,9,12-14,18H2,1-2H3,(H,29,30)(H,33,34);(H,6,7). The lowest BCUT2D eigenvalue weighted by atomic mass is 10.1. The maximum absolute atomic E-state index is 13.4. The number of anilines is 1. The molecule has 13 heteroatoms. The summed E-state index contributed by atoms with van der Waals surface area (Å²) in [4.78, 5) is 39.1. The summed E-state index contributed by atoms with van der Waals surface area (Å²) in [7, 11) is 0. The van der Waals surface area contributed by atoms with E-state index in [4.69, 9.17) is 31.3 Å². The smallest absolute Gasteiger partial charge is 0.490 e. The summed E-state index contributed by atoms with van der Waals surface area (Å²) >= 11 is 6.31. The fourth-order valence-electron chi connectivity index (χ4n) is 3.58. The molecule has 1 amide bonds. The summed E-state index contributed by atoms with van der Waals surface area (Å²) in [6.45, 7) is 6.19. The molecule has 0 radical (unpaired) electrons. The van der Waals surface area contributed by atoms with Crippen molar-refractivity contribution in [2.45, 2.75) is 26.4 Å². The van der Waals surface area contributed by atoms with Gasteiger partial charge in [0.05, 0.1) is 5.56 Å². The molecule has 226 valence electrons. The van der Waals surface area contributed by atoms with E-state index in [1.807, 2.05) is 12.1 Å². The van der Waals surface area contributed by atoms with Crippen molar-refractivity contribution < 1.29 is 42.5 Å². The molecule has 0 saturated carbocycles. The number of aromatic nitrogens is 1. The monoisotopic (exact) mass is 609 g/mol. The molecule has 0 fully saturated rings. The van der Waals surface area contributed by atoms with Gasteiger partial charge in [-0.3, -0.25) is 9.78 Å². The number of aromatic carboxylic acids is 1. The van der Waals surface area contributed by atoms with Gasteiger partial charge in [0, 0.05) is 48.3 Å². The average Bonchev–Trinajstić information content (AvgIpc) is 2.93. The summed E-state index contributed by atoms with van der Waals surface area (Å²) in [6.07, 6.45) is -1.04. The molecule has 0 atom stereocenters. The second-order valence-corrected chi connectivity index (χ2v) is 9.82. The van der Waals surface area contributed by atoms with Crippen LogP contribution in [0.1, 0.15) is 40.1 Å². The van der Waals surface area contributed by atoms with Gasteiger partial charge in [0.2, 0.25) is 0 Å². The number of amides is 1. The highest BCUT2D eigenvalue weighted by molar-refractivity contribution is 6.31. The molecule has 9 nitrogen and oxygen atoms in total. The van der Waals surface area contributed by atoms with Crippen molar-refractivity contribution in [2.75, 3.05) is 31.6 Å². The predicted molar refractivity (Wildman–Crippen MR) is 151 cm³/mol. The zero-order valence-electron chi connectivity index (χ0n) is 22.9. The molecule has 0 bridgehead atoms. The Balaban J connectivity index is 0.000000782. The molecule has 1 aromatic heterocycles. The van der Waals surface area contributed by atoms with E-state index in [2.05, 4.69) is 24.1 Å². The summed E-state index contributed by atoms with van der Waals surface area (Å²) in [5, 5.41) is 19.9. The molecule has 3 rings (SSSR count). The van der Waals surface area contributed by atoms with Crippen LogP contribution in [-0.2, 0) is 11.2 Å². The number of carbonyl (C=O) groups excluding carboxylic acids is 1. The van der Waals surface area contributed by atoms with Crippen LogP contribution in [0.4, 0.5) is 18.9 Å². The van der Waals surface area contributed by atoms with E-state index < -0.39 is 18.1 Å². The number of carboxylic acids is 2. The lowest BCUT2D eigenvalue weighted by molar-refractivity contribution is -0.192. The molecule has 0 aliphatic rings. The molecule has 0 unspecified atom stereocenters. The van der Waals surface area contributed by atoms with Gasteiger partial charge in [-0.05, 0) is 60.4 Å². The zero-order chi connectivity index (χ0) is 31.3. The Hall–Kier alpha value is -4.32. The molecule has 1 heterocycles. The number of benzene rings is 2. The summed E-state index contributed by atoms with van der Waals surface area (Å²) in [5.74, 6) is -3.02. The molecule has 42 heavy (non-hydrogen) atoms. The number of hydrogen-bond donors (Lipinski definition) is 3. The highest BCUT2D eigenvalue weighted by Crippen LogP contribution is 2.23. The van der Waals surface area contributed by atoms with Crippen LogP contribution in [0.15, 0.2) is 67.0 Å². The number of ether oxygens (including phenoxy) is 1. The predicted octanol–water partition coefficient (Wildman–Crippen LogP) is 5.90. The number of nitrogens with zero attached hydrogens (tertiary/aromatic N) is 2. The maximum Gasteiger partial charge on any atom is 0.490 e. The summed E-state index contributed by atoms with van der Waals surface area (Å²) in [5.41, 5.74) is 2.63. The van der Waals surface area contributed by atoms with Gasteiger partial charge in [-0.15, -0.1) is 0 Å². The van der Waals surface area contributed by atoms with Crippen LogP contribution in [0.3, 0.4) is 0 Å². The van der Waals surface area contributed by atoms with Crippen molar-refractivity contribution in [3.63, 3.8) is 0 Å². The van der Waals surface area contributed by atoms with Crippen LogP contribution in [0.25, 0.3) is 0 Å². The lowest BCUT2D eigenvalue weighted by Gasteiger charge is -2.25. The Morgan fingerprint density at radius 1 is 1.00 bits per heavy atom. The van der Waals surface area contributed by atoms with Crippen molar-refractivity contribution in [3.8, 4) is 5.75 Å². The fraction of sp³-hybridized carbons (Fsp3) is 0.310. The van der Waals surface area contributed by atoms with E-state index >= 15 is 0 Å². The number of carboxylic acid groups (broad SMARTS) is 2. The van der Waals surface area contributed by atoms with Gasteiger partial charge in [-0.2, -0.15) is 13.2 Å². The Bertz CT molecular complexity index is 1320. The number of nitrogens with one attached hydrogen (secondary N) is 1. The van der Waals surface area contributed by atoms with Gasteiger partial charge >= 0.3 is 18.1 Å². The van der Waals surface area contributed by atoms with Gasteiger partial charge in [-0.25, -0.2) is 9.59 Å². The molecule has 2 aromatic carbocycles. The van der Waals surface area contributed by atoms with Crippen molar-refractivity contribution in [3.05, 3.63) is 88.7 Å². The number of alkyl halides is 3. The van der Waals surface area contributed by atoms with Crippen LogP contribution in [0.2, 0.25) is 5.02 Å². The van der Waals surface area contributed by atoms with E-state index in [1.54, 1.807) is 59.8 Å². The number of hydrogen-bond acceptors (Lipinski definition) is 6. The molecule has 0 aliphatic carbocycles. The van der Waals surface area contributed by atoms with Gasteiger partial charge in [0.15, 0.2) is 0 Å². The van der Waals surface area contributed by atoms with E-state index in [1.165, 1.54) is 0 Å². The molecule has 3 aromatic rings. The average molecular weight is 610 g/mol. The van der Waals surface area contributed by atoms with E-state index in [-0.39, 0.29) is 17.4 Å². The van der Waals surface area contributed by atoms with Crippen molar-refractivity contribution in [1.29, 1.82) is 0 Å². The summed E-state index contributed by atoms with van der Waals surface area (Å²) in [6, 6.07) is 15.5. The molecule has 0 aliphatic heterocycles. The van der Waals surface area contributed by atoms with Gasteiger partial charge < -0.3 is 25.2 Å². The Kier molecular flexibility index (Phi) is 13.1. The van der Waals surface area contributed by atoms with Crippen LogP contribution in [-0.4, -0.2) is 70.4 Å².